The summed E-state index contributed by atoms with van der Waals surface area (Å²) in [4.78, 5) is 22.8. The topological polar surface area (TPSA) is 38.8 Å². The van der Waals surface area contributed by atoms with Crippen LogP contribution in [-0.2, 0) is 9.78 Å². The number of likely N-dealkylation sites (tertiary alicyclic amines) is 1. The molecule has 0 atom stereocenters. The highest BCUT2D eigenvalue weighted by molar-refractivity contribution is 5.66. The van der Waals surface area contributed by atoms with E-state index < -0.39 is 5.60 Å². The Labute approximate surface area is 85.1 Å². The van der Waals surface area contributed by atoms with Gasteiger partial charge in [-0.3, -0.25) is 4.89 Å². The fraction of sp³-hybridized carbons (Fsp3) is 0.900. The molecule has 0 saturated carbocycles. The Bertz CT molecular complexity index is 192. The zero-order valence-electron chi connectivity index (χ0n) is 9.21. The Balaban J connectivity index is 2.27. The van der Waals surface area contributed by atoms with Gasteiger partial charge in [-0.25, -0.2) is 4.79 Å². The summed E-state index contributed by atoms with van der Waals surface area (Å²) >= 11 is 0. The summed E-state index contributed by atoms with van der Waals surface area (Å²) in [5.41, 5.74) is -0.439. The maximum absolute atomic E-state index is 11.4. The van der Waals surface area contributed by atoms with Gasteiger partial charge in [-0.2, -0.15) is 4.89 Å². The summed E-state index contributed by atoms with van der Waals surface area (Å²) in [6.45, 7) is 7.10. The molecule has 0 unspecified atom stereocenters. The minimum Gasteiger partial charge on any atom is -0.306 e. The Morgan fingerprint density at radius 2 is 1.71 bits per heavy atom. The number of piperidine rings is 1. The van der Waals surface area contributed by atoms with Crippen molar-refractivity contribution >= 4 is 6.09 Å². The first kappa shape index (κ1) is 11.3. The van der Waals surface area contributed by atoms with Gasteiger partial charge in [0.2, 0.25) is 0 Å². The quantitative estimate of drug-likeness (QED) is 0.483. The van der Waals surface area contributed by atoms with Crippen molar-refractivity contribution in [3.05, 3.63) is 0 Å². The van der Waals surface area contributed by atoms with Crippen molar-refractivity contribution in [2.24, 2.45) is 0 Å². The second kappa shape index (κ2) is 4.64. The second-order valence-electron chi connectivity index (χ2n) is 4.59. The van der Waals surface area contributed by atoms with Crippen molar-refractivity contribution in [3.63, 3.8) is 0 Å². The Morgan fingerprint density at radius 3 is 2.21 bits per heavy atom. The van der Waals surface area contributed by atoms with Crippen LogP contribution in [0.5, 0.6) is 0 Å². The average molecular weight is 201 g/mol. The summed E-state index contributed by atoms with van der Waals surface area (Å²) in [5, 5.41) is 0. The summed E-state index contributed by atoms with van der Waals surface area (Å²) in [6.07, 6.45) is 2.96. The van der Waals surface area contributed by atoms with Crippen LogP contribution < -0.4 is 0 Å². The monoisotopic (exact) mass is 201 g/mol. The normalized spacial score (nSPS) is 18.1. The number of rotatable bonds is 1. The van der Waals surface area contributed by atoms with Crippen LogP contribution in [0.4, 0.5) is 4.79 Å². The van der Waals surface area contributed by atoms with Crippen molar-refractivity contribution in [2.75, 3.05) is 13.1 Å². The molecule has 0 N–H and O–H groups in total. The van der Waals surface area contributed by atoms with Gasteiger partial charge in [0.1, 0.15) is 5.60 Å². The zero-order chi connectivity index (χ0) is 10.6. The van der Waals surface area contributed by atoms with Crippen molar-refractivity contribution < 1.29 is 14.6 Å². The molecule has 0 aliphatic carbocycles. The minimum atomic E-state index is -0.439. The van der Waals surface area contributed by atoms with E-state index >= 15 is 0 Å². The Kier molecular flexibility index (Phi) is 3.75. The Morgan fingerprint density at radius 1 is 1.14 bits per heavy atom. The number of amides is 1. The summed E-state index contributed by atoms with van der Waals surface area (Å²) in [7, 11) is 0. The van der Waals surface area contributed by atoms with E-state index in [1.54, 1.807) is 4.90 Å². The van der Waals surface area contributed by atoms with Gasteiger partial charge < -0.3 is 4.90 Å². The van der Waals surface area contributed by atoms with E-state index in [9.17, 15) is 4.79 Å². The molecular weight excluding hydrogens is 182 g/mol. The number of hydrogen-bond donors (Lipinski definition) is 0. The molecule has 4 heteroatoms. The first-order valence-corrected chi connectivity index (χ1v) is 5.14. The third kappa shape index (κ3) is 3.96. The Hall–Kier alpha value is -0.770. The maximum Gasteiger partial charge on any atom is 0.441 e. The standard InChI is InChI=1S/C10H19NO3/c1-10(2,3)14-13-9(12)11-7-5-4-6-8-11/h4-8H2,1-3H3. The first-order chi connectivity index (χ1) is 6.49. The number of nitrogens with zero attached hydrogens (tertiary/aromatic N) is 1. The highest BCUT2D eigenvalue weighted by Gasteiger charge is 2.21. The molecule has 1 aliphatic rings. The molecule has 0 radical (unpaired) electrons. The molecule has 1 rings (SSSR count). The van der Waals surface area contributed by atoms with Crippen LogP contribution in [0.1, 0.15) is 40.0 Å². The van der Waals surface area contributed by atoms with Crippen LogP contribution in [0, 0.1) is 0 Å². The predicted molar refractivity (Wildman–Crippen MR) is 52.7 cm³/mol. The first-order valence-electron chi connectivity index (χ1n) is 5.14. The second-order valence-corrected chi connectivity index (χ2v) is 4.59. The van der Waals surface area contributed by atoms with Gasteiger partial charge in [-0.1, -0.05) is 0 Å². The molecule has 0 bridgehead atoms. The molecule has 0 aromatic rings. The lowest BCUT2D eigenvalue weighted by molar-refractivity contribution is -0.305. The smallest absolute Gasteiger partial charge is 0.306 e. The van der Waals surface area contributed by atoms with Gasteiger partial charge in [-0.05, 0) is 40.0 Å². The fourth-order valence-electron chi connectivity index (χ4n) is 1.29. The summed E-state index contributed by atoms with van der Waals surface area (Å²) < 4.78 is 0. The van der Waals surface area contributed by atoms with Gasteiger partial charge in [-0.15, -0.1) is 0 Å². The SMILES string of the molecule is CC(C)(C)OOC(=O)N1CCCCC1. The largest absolute Gasteiger partial charge is 0.441 e. The molecule has 14 heavy (non-hydrogen) atoms. The zero-order valence-corrected chi connectivity index (χ0v) is 9.21. The molecule has 4 nitrogen and oxygen atoms in total. The van der Waals surface area contributed by atoms with Crippen molar-refractivity contribution in [2.45, 2.75) is 45.6 Å². The maximum atomic E-state index is 11.4. The average Bonchev–Trinajstić information content (AvgIpc) is 2.14. The van der Waals surface area contributed by atoms with E-state index in [4.69, 9.17) is 9.78 Å². The van der Waals surface area contributed by atoms with Gasteiger partial charge in [0.05, 0.1) is 0 Å². The van der Waals surface area contributed by atoms with Gasteiger partial charge in [0.15, 0.2) is 0 Å². The van der Waals surface area contributed by atoms with Crippen LogP contribution in [0.15, 0.2) is 0 Å². The molecule has 1 heterocycles. The highest BCUT2D eigenvalue weighted by atomic mass is 17.2. The van der Waals surface area contributed by atoms with Gasteiger partial charge in [0.25, 0.3) is 0 Å². The van der Waals surface area contributed by atoms with E-state index in [0.29, 0.717) is 0 Å². The van der Waals surface area contributed by atoms with Gasteiger partial charge >= 0.3 is 6.09 Å². The minimum absolute atomic E-state index is 0.361. The number of hydrogen-bond acceptors (Lipinski definition) is 3. The number of carbonyl (C=O) groups is 1. The van der Waals surface area contributed by atoms with Crippen LogP contribution in [0.25, 0.3) is 0 Å². The molecular formula is C10H19NO3. The lowest BCUT2D eigenvalue weighted by Crippen LogP contribution is -2.37. The molecule has 0 aromatic heterocycles. The lowest BCUT2D eigenvalue weighted by Gasteiger charge is -2.26. The fourth-order valence-corrected chi connectivity index (χ4v) is 1.29. The summed E-state index contributed by atoms with van der Waals surface area (Å²) in [5.74, 6) is 0. The van der Waals surface area contributed by atoms with Gasteiger partial charge in [0, 0.05) is 13.1 Å². The molecule has 1 aliphatic heterocycles. The lowest BCUT2D eigenvalue weighted by atomic mass is 10.1. The molecule has 1 fully saturated rings. The van der Waals surface area contributed by atoms with Crippen LogP contribution >= 0.6 is 0 Å². The summed E-state index contributed by atoms with van der Waals surface area (Å²) in [6, 6.07) is 0. The van der Waals surface area contributed by atoms with Crippen molar-refractivity contribution in [3.8, 4) is 0 Å². The van der Waals surface area contributed by atoms with Crippen LogP contribution in [0.2, 0.25) is 0 Å². The van der Waals surface area contributed by atoms with Crippen molar-refractivity contribution in [1.82, 2.24) is 4.90 Å². The van der Waals surface area contributed by atoms with Crippen LogP contribution in [0.3, 0.4) is 0 Å². The van der Waals surface area contributed by atoms with E-state index in [1.807, 2.05) is 20.8 Å². The molecule has 0 aromatic carbocycles. The van der Waals surface area contributed by atoms with E-state index in [2.05, 4.69) is 0 Å². The third-order valence-electron chi connectivity index (χ3n) is 1.98. The van der Waals surface area contributed by atoms with E-state index in [-0.39, 0.29) is 6.09 Å². The van der Waals surface area contributed by atoms with Crippen molar-refractivity contribution in [1.29, 1.82) is 0 Å². The van der Waals surface area contributed by atoms with E-state index in [1.165, 1.54) is 6.42 Å². The predicted octanol–water partition coefficient (Wildman–Crippen LogP) is 2.34. The molecule has 1 amide bonds. The molecule has 82 valence electrons. The third-order valence-corrected chi connectivity index (χ3v) is 1.98. The molecule has 1 saturated heterocycles. The molecule has 0 spiro atoms. The van der Waals surface area contributed by atoms with E-state index in [0.717, 1.165) is 25.9 Å². The van der Waals surface area contributed by atoms with Crippen LogP contribution in [-0.4, -0.2) is 29.7 Å². The number of carbonyl (C=O) groups excluding carboxylic acids is 1. The highest BCUT2D eigenvalue weighted by Crippen LogP contribution is 2.12.